The molecular formula is C11H21N3O. The van der Waals surface area contributed by atoms with E-state index in [1.807, 2.05) is 0 Å². The maximum Gasteiger partial charge on any atom is 0.180 e. The normalized spacial score (nSPS) is 12.3. The lowest BCUT2D eigenvalue weighted by Crippen LogP contribution is -2.40. The van der Waals surface area contributed by atoms with Crippen LogP contribution in [-0.2, 0) is 6.54 Å². The maximum absolute atomic E-state index is 5.18. The van der Waals surface area contributed by atoms with Gasteiger partial charge in [0.15, 0.2) is 6.39 Å². The molecule has 1 aromatic heterocycles. The van der Waals surface area contributed by atoms with Crippen LogP contribution >= 0.6 is 0 Å². The quantitative estimate of drug-likeness (QED) is 0.801. The van der Waals surface area contributed by atoms with Gasteiger partial charge in [0.2, 0.25) is 0 Å². The van der Waals surface area contributed by atoms with Gasteiger partial charge < -0.3 is 9.73 Å². The Kier molecular flexibility index (Phi) is 4.29. The summed E-state index contributed by atoms with van der Waals surface area (Å²) >= 11 is 0. The molecule has 0 fully saturated rings. The van der Waals surface area contributed by atoms with E-state index < -0.39 is 0 Å². The summed E-state index contributed by atoms with van der Waals surface area (Å²) < 4.78 is 5.18. The summed E-state index contributed by atoms with van der Waals surface area (Å²) in [6, 6.07) is 0. The van der Waals surface area contributed by atoms with Crippen LogP contribution in [0.2, 0.25) is 0 Å². The van der Waals surface area contributed by atoms with E-state index in [4.69, 9.17) is 4.42 Å². The van der Waals surface area contributed by atoms with Gasteiger partial charge in [0.25, 0.3) is 0 Å². The maximum atomic E-state index is 5.18. The standard InChI is InChI=1S/C11H21N3O/c1-11(2,3)13-5-6-14(4)8-10-7-12-9-15-10/h7,9,13H,5-6,8H2,1-4H3. The van der Waals surface area contributed by atoms with E-state index in [-0.39, 0.29) is 5.54 Å². The van der Waals surface area contributed by atoms with Crippen molar-refractivity contribution < 1.29 is 4.42 Å². The van der Waals surface area contributed by atoms with E-state index >= 15 is 0 Å². The number of nitrogens with zero attached hydrogens (tertiary/aromatic N) is 2. The van der Waals surface area contributed by atoms with Gasteiger partial charge in [-0.25, -0.2) is 4.98 Å². The molecule has 86 valence electrons. The van der Waals surface area contributed by atoms with Crippen molar-refractivity contribution >= 4 is 0 Å². The highest BCUT2D eigenvalue weighted by atomic mass is 16.3. The number of hydrogen-bond acceptors (Lipinski definition) is 4. The molecule has 0 radical (unpaired) electrons. The topological polar surface area (TPSA) is 41.3 Å². The lowest BCUT2D eigenvalue weighted by atomic mass is 10.1. The smallest absolute Gasteiger partial charge is 0.180 e. The third kappa shape index (κ3) is 5.54. The van der Waals surface area contributed by atoms with E-state index in [0.717, 1.165) is 25.4 Å². The fourth-order valence-electron chi connectivity index (χ4n) is 1.29. The summed E-state index contributed by atoms with van der Waals surface area (Å²) in [5, 5.41) is 3.44. The van der Waals surface area contributed by atoms with Crippen LogP contribution in [0.25, 0.3) is 0 Å². The van der Waals surface area contributed by atoms with Gasteiger partial charge >= 0.3 is 0 Å². The van der Waals surface area contributed by atoms with Crippen LogP contribution in [-0.4, -0.2) is 35.6 Å². The molecule has 0 aliphatic rings. The molecule has 0 atom stereocenters. The van der Waals surface area contributed by atoms with Crippen molar-refractivity contribution in [3.05, 3.63) is 18.4 Å². The first-order valence-electron chi connectivity index (χ1n) is 5.28. The largest absolute Gasteiger partial charge is 0.447 e. The second-order valence-electron chi connectivity index (χ2n) is 4.88. The fraction of sp³-hybridized carbons (Fsp3) is 0.727. The van der Waals surface area contributed by atoms with Crippen molar-refractivity contribution in [2.75, 3.05) is 20.1 Å². The summed E-state index contributed by atoms with van der Waals surface area (Å²) in [6.07, 6.45) is 3.23. The summed E-state index contributed by atoms with van der Waals surface area (Å²) in [4.78, 5) is 6.09. The van der Waals surface area contributed by atoms with Crippen LogP contribution in [0.5, 0.6) is 0 Å². The first-order chi connectivity index (χ1) is 6.97. The van der Waals surface area contributed by atoms with E-state index in [1.54, 1.807) is 6.20 Å². The predicted octanol–water partition coefficient (Wildman–Crippen LogP) is 1.49. The molecule has 4 heteroatoms. The molecule has 4 nitrogen and oxygen atoms in total. The minimum absolute atomic E-state index is 0.188. The molecule has 0 spiro atoms. The number of aromatic nitrogens is 1. The van der Waals surface area contributed by atoms with Crippen molar-refractivity contribution in [2.24, 2.45) is 0 Å². The van der Waals surface area contributed by atoms with Gasteiger partial charge in [-0.1, -0.05) is 0 Å². The second kappa shape index (κ2) is 5.28. The van der Waals surface area contributed by atoms with Crippen molar-refractivity contribution in [3.63, 3.8) is 0 Å². The van der Waals surface area contributed by atoms with Crippen molar-refractivity contribution in [3.8, 4) is 0 Å². The zero-order chi connectivity index (χ0) is 11.3. The number of hydrogen-bond donors (Lipinski definition) is 1. The third-order valence-corrected chi connectivity index (χ3v) is 2.06. The number of nitrogens with one attached hydrogen (secondary N) is 1. The zero-order valence-electron chi connectivity index (χ0n) is 10.1. The molecule has 0 bridgehead atoms. The minimum atomic E-state index is 0.188. The van der Waals surface area contributed by atoms with Crippen molar-refractivity contribution in [1.82, 2.24) is 15.2 Å². The van der Waals surface area contributed by atoms with Gasteiger partial charge in [-0.05, 0) is 27.8 Å². The van der Waals surface area contributed by atoms with Crippen LogP contribution in [0.1, 0.15) is 26.5 Å². The highest BCUT2D eigenvalue weighted by Gasteiger charge is 2.09. The molecule has 0 saturated carbocycles. The van der Waals surface area contributed by atoms with Crippen LogP contribution in [0.4, 0.5) is 0 Å². The third-order valence-electron chi connectivity index (χ3n) is 2.06. The van der Waals surface area contributed by atoms with Gasteiger partial charge in [-0.2, -0.15) is 0 Å². The van der Waals surface area contributed by atoms with Gasteiger partial charge in [-0.3, -0.25) is 4.90 Å². The molecule has 0 aliphatic heterocycles. The van der Waals surface area contributed by atoms with Gasteiger partial charge in [-0.15, -0.1) is 0 Å². The summed E-state index contributed by atoms with van der Waals surface area (Å²) in [6.45, 7) is 9.30. The summed E-state index contributed by atoms with van der Waals surface area (Å²) in [5.41, 5.74) is 0.188. The van der Waals surface area contributed by atoms with Crippen LogP contribution in [0, 0.1) is 0 Å². The second-order valence-corrected chi connectivity index (χ2v) is 4.88. The molecule has 1 aromatic rings. The van der Waals surface area contributed by atoms with Gasteiger partial charge in [0.05, 0.1) is 12.7 Å². The molecule has 0 amide bonds. The van der Waals surface area contributed by atoms with Crippen LogP contribution in [0.3, 0.4) is 0 Å². The Morgan fingerprint density at radius 3 is 2.73 bits per heavy atom. The van der Waals surface area contributed by atoms with E-state index in [2.05, 4.69) is 43.0 Å². The molecule has 0 unspecified atom stereocenters. The van der Waals surface area contributed by atoms with Gasteiger partial charge in [0, 0.05) is 18.6 Å². The lowest BCUT2D eigenvalue weighted by Gasteiger charge is -2.23. The molecule has 1 N–H and O–H groups in total. The molecule has 15 heavy (non-hydrogen) atoms. The van der Waals surface area contributed by atoms with E-state index in [0.29, 0.717) is 0 Å². The Morgan fingerprint density at radius 2 is 2.20 bits per heavy atom. The minimum Gasteiger partial charge on any atom is -0.447 e. The SMILES string of the molecule is CN(CCNC(C)(C)C)Cc1cnco1. The first kappa shape index (κ1) is 12.2. The average Bonchev–Trinajstić information content (AvgIpc) is 2.54. The monoisotopic (exact) mass is 211 g/mol. The number of oxazole rings is 1. The molecule has 0 saturated heterocycles. The Labute approximate surface area is 91.7 Å². The van der Waals surface area contributed by atoms with Crippen LogP contribution < -0.4 is 5.32 Å². The van der Waals surface area contributed by atoms with Gasteiger partial charge in [0.1, 0.15) is 5.76 Å². The Hall–Kier alpha value is -0.870. The van der Waals surface area contributed by atoms with Crippen molar-refractivity contribution in [1.29, 1.82) is 0 Å². The van der Waals surface area contributed by atoms with E-state index in [9.17, 15) is 0 Å². The first-order valence-corrected chi connectivity index (χ1v) is 5.28. The fourth-order valence-corrected chi connectivity index (χ4v) is 1.29. The van der Waals surface area contributed by atoms with Crippen molar-refractivity contribution in [2.45, 2.75) is 32.9 Å². The molecular weight excluding hydrogens is 190 g/mol. The number of rotatable bonds is 5. The predicted molar refractivity (Wildman–Crippen MR) is 60.6 cm³/mol. The highest BCUT2D eigenvalue weighted by molar-refractivity contribution is 4.87. The Balaban J connectivity index is 2.17. The average molecular weight is 211 g/mol. The lowest BCUT2D eigenvalue weighted by molar-refractivity contribution is 0.280. The summed E-state index contributed by atoms with van der Waals surface area (Å²) in [5.74, 6) is 0.910. The summed E-state index contributed by atoms with van der Waals surface area (Å²) in [7, 11) is 2.08. The molecule has 0 aromatic carbocycles. The zero-order valence-corrected chi connectivity index (χ0v) is 10.1. The van der Waals surface area contributed by atoms with Crippen LogP contribution in [0.15, 0.2) is 17.0 Å². The number of likely N-dealkylation sites (N-methyl/N-ethyl adjacent to an activating group) is 1. The highest BCUT2D eigenvalue weighted by Crippen LogP contribution is 2.01. The molecule has 0 aliphatic carbocycles. The Morgan fingerprint density at radius 1 is 1.47 bits per heavy atom. The Bertz CT molecular complexity index is 264. The van der Waals surface area contributed by atoms with E-state index in [1.165, 1.54) is 6.39 Å². The molecule has 1 heterocycles. The molecule has 1 rings (SSSR count).